The van der Waals surface area contributed by atoms with Crippen molar-refractivity contribution in [2.45, 2.75) is 50.5 Å². The van der Waals surface area contributed by atoms with Gasteiger partial charge in [-0.2, -0.15) is 0 Å². The molecule has 19 heavy (non-hydrogen) atoms. The first-order chi connectivity index (χ1) is 8.78. The number of nitrogen functional groups attached to an aromatic ring is 1. The minimum Gasteiger partial charge on any atom is -0.397 e. The Morgan fingerprint density at radius 3 is 2.05 bits per heavy atom. The zero-order valence-electron chi connectivity index (χ0n) is 11.7. The van der Waals surface area contributed by atoms with Gasteiger partial charge in [-0.25, -0.2) is 13.6 Å². The summed E-state index contributed by atoms with van der Waals surface area (Å²) in [6.45, 7) is 6.36. The third-order valence-corrected chi connectivity index (χ3v) is 4.69. The molecule has 0 heterocycles. The number of rotatable bonds is 6. The van der Waals surface area contributed by atoms with Crippen molar-refractivity contribution in [3.8, 4) is 0 Å². The van der Waals surface area contributed by atoms with Gasteiger partial charge >= 0.3 is 0 Å². The molecule has 0 aliphatic heterocycles. The van der Waals surface area contributed by atoms with E-state index in [4.69, 9.17) is 10.9 Å². The first-order valence-corrected chi connectivity index (χ1v) is 8.03. The van der Waals surface area contributed by atoms with Crippen LogP contribution < -0.4 is 16.2 Å². The van der Waals surface area contributed by atoms with Crippen LogP contribution in [0.3, 0.4) is 0 Å². The van der Waals surface area contributed by atoms with Crippen molar-refractivity contribution in [3.63, 3.8) is 0 Å². The van der Waals surface area contributed by atoms with Gasteiger partial charge in [0.1, 0.15) is 0 Å². The molecule has 0 amide bonds. The van der Waals surface area contributed by atoms with Crippen molar-refractivity contribution in [1.82, 2.24) is 0 Å². The molecule has 0 saturated heterocycles. The molecule has 0 aliphatic rings. The molecule has 108 valence electrons. The summed E-state index contributed by atoms with van der Waals surface area (Å²) in [5, 5.41) is 8.51. The van der Waals surface area contributed by atoms with Crippen LogP contribution in [-0.2, 0) is 10.0 Å². The van der Waals surface area contributed by atoms with Gasteiger partial charge in [0.05, 0.1) is 16.3 Å². The van der Waals surface area contributed by atoms with E-state index in [0.29, 0.717) is 5.69 Å². The molecule has 6 heteroatoms. The van der Waals surface area contributed by atoms with Gasteiger partial charge in [0.2, 0.25) is 10.0 Å². The maximum Gasteiger partial charge on any atom is 0.238 e. The van der Waals surface area contributed by atoms with Gasteiger partial charge in [-0.05, 0) is 37.5 Å². The summed E-state index contributed by atoms with van der Waals surface area (Å²) in [5.74, 6) is 0. The van der Waals surface area contributed by atoms with Crippen LogP contribution >= 0.6 is 0 Å². The van der Waals surface area contributed by atoms with Gasteiger partial charge in [-0.1, -0.05) is 20.8 Å². The van der Waals surface area contributed by atoms with Crippen molar-refractivity contribution < 1.29 is 8.42 Å². The highest BCUT2D eigenvalue weighted by Crippen LogP contribution is 2.30. The summed E-state index contributed by atoms with van der Waals surface area (Å²) in [5.41, 5.74) is 7.03. The monoisotopic (exact) mass is 285 g/mol. The molecule has 1 rings (SSSR count). The highest BCUT2D eigenvalue weighted by atomic mass is 32.2. The van der Waals surface area contributed by atoms with Crippen LogP contribution in [0.2, 0.25) is 0 Å². The van der Waals surface area contributed by atoms with Crippen molar-refractivity contribution in [2.24, 2.45) is 5.14 Å². The second-order valence-corrected chi connectivity index (χ2v) is 6.32. The molecule has 0 saturated carbocycles. The molecule has 0 aliphatic carbocycles. The quantitative estimate of drug-likeness (QED) is 0.698. The summed E-state index contributed by atoms with van der Waals surface area (Å²) in [6.07, 6.45) is 2.91. The molecule has 0 unspecified atom stereocenters. The largest absolute Gasteiger partial charge is 0.397 e. The SMILES string of the molecule is CCC(CC)(CC)Nc1ccc(S(N)(=O)=O)cc1N. The van der Waals surface area contributed by atoms with E-state index in [9.17, 15) is 8.42 Å². The number of sulfonamides is 1. The fourth-order valence-corrected chi connectivity index (χ4v) is 2.68. The predicted octanol–water partition coefficient (Wildman–Crippen LogP) is 2.30. The Kier molecular flexibility index (Phi) is 4.81. The molecule has 0 spiro atoms. The highest BCUT2D eigenvalue weighted by molar-refractivity contribution is 7.89. The van der Waals surface area contributed by atoms with Gasteiger partial charge in [0, 0.05) is 5.54 Å². The lowest BCUT2D eigenvalue weighted by molar-refractivity contribution is 0.420. The van der Waals surface area contributed by atoms with E-state index >= 15 is 0 Å². The Balaban J connectivity index is 3.11. The number of benzene rings is 1. The second-order valence-electron chi connectivity index (χ2n) is 4.76. The van der Waals surface area contributed by atoms with Crippen LogP contribution in [0.5, 0.6) is 0 Å². The standard InChI is InChI=1S/C13H23N3O2S/c1-4-13(5-2,6-3)16-12-8-7-10(9-11(12)14)19(15,17)18/h7-9,16H,4-6,14H2,1-3H3,(H2,15,17,18). The zero-order valence-corrected chi connectivity index (χ0v) is 12.5. The van der Waals surface area contributed by atoms with Gasteiger partial charge in [-0.3, -0.25) is 0 Å². The Labute approximate surface area is 115 Å². The van der Waals surface area contributed by atoms with E-state index in [0.717, 1.165) is 24.9 Å². The molecule has 1 aromatic carbocycles. The first kappa shape index (κ1) is 15.8. The maximum absolute atomic E-state index is 11.3. The molecule has 0 bridgehead atoms. The number of anilines is 2. The van der Waals surface area contributed by atoms with Gasteiger partial charge in [0.15, 0.2) is 0 Å². The Morgan fingerprint density at radius 1 is 1.16 bits per heavy atom. The van der Waals surface area contributed by atoms with Crippen LogP contribution in [0.1, 0.15) is 40.0 Å². The minimum absolute atomic E-state index is 0.0166. The van der Waals surface area contributed by atoms with E-state index in [1.807, 2.05) is 0 Å². The summed E-state index contributed by atoms with van der Waals surface area (Å²) < 4.78 is 22.5. The second kappa shape index (κ2) is 5.79. The van der Waals surface area contributed by atoms with Crippen LogP contribution in [0.4, 0.5) is 11.4 Å². The van der Waals surface area contributed by atoms with Crippen molar-refractivity contribution in [3.05, 3.63) is 18.2 Å². The predicted molar refractivity (Wildman–Crippen MR) is 79.5 cm³/mol. The fourth-order valence-electron chi connectivity index (χ4n) is 2.13. The van der Waals surface area contributed by atoms with Crippen molar-refractivity contribution in [1.29, 1.82) is 0 Å². The summed E-state index contributed by atoms with van der Waals surface area (Å²) in [4.78, 5) is 0.0330. The average Bonchev–Trinajstić information content (AvgIpc) is 2.37. The molecule has 5 nitrogen and oxygen atoms in total. The lowest BCUT2D eigenvalue weighted by Gasteiger charge is -2.33. The average molecular weight is 285 g/mol. The summed E-state index contributed by atoms with van der Waals surface area (Å²) in [7, 11) is -3.71. The summed E-state index contributed by atoms with van der Waals surface area (Å²) in [6, 6.07) is 4.54. The van der Waals surface area contributed by atoms with E-state index in [1.165, 1.54) is 12.1 Å². The lowest BCUT2D eigenvalue weighted by Crippen LogP contribution is -2.36. The Hall–Kier alpha value is -1.27. The molecule has 0 radical (unpaired) electrons. The fraction of sp³-hybridized carbons (Fsp3) is 0.538. The topological polar surface area (TPSA) is 98.2 Å². The van der Waals surface area contributed by atoms with Crippen LogP contribution in [0.15, 0.2) is 23.1 Å². The van der Waals surface area contributed by atoms with Gasteiger partial charge < -0.3 is 11.1 Å². The van der Waals surface area contributed by atoms with E-state index in [2.05, 4.69) is 26.1 Å². The van der Waals surface area contributed by atoms with Crippen LogP contribution in [0, 0.1) is 0 Å². The number of primary sulfonamides is 1. The normalized spacial score (nSPS) is 12.4. The number of nitrogens with two attached hydrogens (primary N) is 2. The van der Waals surface area contributed by atoms with E-state index in [-0.39, 0.29) is 10.4 Å². The van der Waals surface area contributed by atoms with Crippen LogP contribution in [0.25, 0.3) is 0 Å². The first-order valence-electron chi connectivity index (χ1n) is 6.48. The van der Waals surface area contributed by atoms with Crippen molar-refractivity contribution >= 4 is 21.4 Å². The number of hydrogen-bond donors (Lipinski definition) is 3. The molecular weight excluding hydrogens is 262 g/mol. The van der Waals surface area contributed by atoms with Crippen molar-refractivity contribution in [2.75, 3.05) is 11.1 Å². The minimum atomic E-state index is -3.71. The third-order valence-electron chi connectivity index (χ3n) is 3.78. The maximum atomic E-state index is 11.3. The van der Waals surface area contributed by atoms with Gasteiger partial charge in [-0.15, -0.1) is 0 Å². The number of hydrogen-bond acceptors (Lipinski definition) is 4. The molecule has 1 aromatic rings. The van der Waals surface area contributed by atoms with Gasteiger partial charge in [0.25, 0.3) is 0 Å². The highest BCUT2D eigenvalue weighted by Gasteiger charge is 2.24. The molecule has 0 aromatic heterocycles. The zero-order chi connectivity index (χ0) is 14.7. The summed E-state index contributed by atoms with van der Waals surface area (Å²) >= 11 is 0. The molecule has 0 atom stereocenters. The van der Waals surface area contributed by atoms with E-state index < -0.39 is 10.0 Å². The lowest BCUT2D eigenvalue weighted by atomic mass is 9.89. The van der Waals surface area contributed by atoms with Crippen LogP contribution in [-0.4, -0.2) is 14.0 Å². The smallest absolute Gasteiger partial charge is 0.238 e. The Bertz CT molecular complexity index is 529. The molecule has 5 N–H and O–H groups in total. The molecular formula is C13H23N3O2S. The Morgan fingerprint density at radius 2 is 1.68 bits per heavy atom. The number of nitrogens with one attached hydrogen (secondary N) is 1. The van der Waals surface area contributed by atoms with E-state index in [1.54, 1.807) is 6.07 Å². The third kappa shape index (κ3) is 3.61. The molecule has 0 fully saturated rings.